The molecule has 0 amide bonds. The van der Waals surface area contributed by atoms with Crippen molar-refractivity contribution in [2.45, 2.75) is 12.6 Å². The molecule has 1 aromatic rings. The second-order valence-corrected chi connectivity index (χ2v) is 3.63. The molecule has 0 saturated carbocycles. The Hall–Kier alpha value is -0.130. The summed E-state index contributed by atoms with van der Waals surface area (Å²) in [6.07, 6.45) is 1.20. The van der Waals surface area contributed by atoms with Crippen LogP contribution in [-0.2, 0) is 6.54 Å². The lowest BCUT2D eigenvalue weighted by molar-refractivity contribution is 0.178. The normalized spacial score (nSPS) is 13.3. The van der Waals surface area contributed by atoms with Crippen molar-refractivity contribution in [1.82, 2.24) is 4.57 Å². The predicted octanol–water partition coefficient (Wildman–Crippen LogP) is 0.666. The molecule has 0 saturated heterocycles. The molecule has 0 radical (unpaired) electrons. The SMILES string of the molecule is O=c1sccn1CC(O)CBr. The quantitative estimate of drug-likeness (QED) is 0.786. The van der Waals surface area contributed by atoms with E-state index in [1.807, 2.05) is 0 Å². The number of hydrogen-bond donors (Lipinski definition) is 1. The summed E-state index contributed by atoms with van der Waals surface area (Å²) in [5, 5.41) is 11.4. The minimum atomic E-state index is -0.484. The van der Waals surface area contributed by atoms with E-state index in [9.17, 15) is 4.79 Å². The number of aliphatic hydroxyl groups excluding tert-OH is 1. The van der Waals surface area contributed by atoms with Gasteiger partial charge in [0.1, 0.15) is 0 Å². The van der Waals surface area contributed by atoms with Crippen LogP contribution in [0.25, 0.3) is 0 Å². The number of aliphatic hydroxyl groups is 1. The van der Waals surface area contributed by atoms with E-state index in [1.165, 1.54) is 4.57 Å². The number of halogens is 1. The average Bonchev–Trinajstić information content (AvgIpc) is 2.37. The molecule has 1 aromatic heterocycles. The van der Waals surface area contributed by atoms with Gasteiger partial charge in [-0.05, 0) is 0 Å². The van der Waals surface area contributed by atoms with Gasteiger partial charge >= 0.3 is 4.87 Å². The first-order valence-corrected chi connectivity index (χ1v) is 5.12. The van der Waals surface area contributed by atoms with Crippen LogP contribution in [0.2, 0.25) is 0 Å². The molecule has 1 unspecified atom stereocenters. The second-order valence-electron chi connectivity index (χ2n) is 2.13. The molecule has 0 bridgehead atoms. The molecule has 0 aliphatic heterocycles. The molecule has 0 aliphatic rings. The predicted molar refractivity (Wildman–Crippen MR) is 48.4 cm³/mol. The molecule has 1 rings (SSSR count). The van der Waals surface area contributed by atoms with Gasteiger partial charge in [-0.15, -0.1) is 0 Å². The highest BCUT2D eigenvalue weighted by Gasteiger charge is 2.03. The van der Waals surface area contributed by atoms with Crippen molar-refractivity contribution in [2.75, 3.05) is 5.33 Å². The van der Waals surface area contributed by atoms with Gasteiger partial charge in [-0.3, -0.25) is 4.79 Å². The van der Waals surface area contributed by atoms with Crippen LogP contribution in [0.15, 0.2) is 16.4 Å². The van der Waals surface area contributed by atoms with E-state index in [0.717, 1.165) is 11.3 Å². The Bertz CT molecular complexity index is 270. The summed E-state index contributed by atoms with van der Waals surface area (Å²) in [6, 6.07) is 0. The molecule has 1 atom stereocenters. The fraction of sp³-hybridized carbons (Fsp3) is 0.500. The minimum Gasteiger partial charge on any atom is -0.390 e. The van der Waals surface area contributed by atoms with E-state index in [0.29, 0.717) is 11.9 Å². The van der Waals surface area contributed by atoms with Crippen LogP contribution >= 0.6 is 27.3 Å². The van der Waals surface area contributed by atoms with Crippen LogP contribution in [0.3, 0.4) is 0 Å². The smallest absolute Gasteiger partial charge is 0.307 e. The lowest BCUT2D eigenvalue weighted by atomic mass is 10.4. The lowest BCUT2D eigenvalue weighted by Crippen LogP contribution is -2.22. The van der Waals surface area contributed by atoms with Crippen molar-refractivity contribution in [3.8, 4) is 0 Å². The van der Waals surface area contributed by atoms with Crippen LogP contribution in [0.5, 0.6) is 0 Å². The lowest BCUT2D eigenvalue weighted by Gasteiger charge is -2.05. The van der Waals surface area contributed by atoms with Gasteiger partial charge in [-0.1, -0.05) is 27.3 Å². The monoisotopic (exact) mass is 237 g/mol. The number of thiazole rings is 1. The Kier molecular flexibility index (Phi) is 3.29. The highest BCUT2D eigenvalue weighted by molar-refractivity contribution is 9.09. The maximum absolute atomic E-state index is 10.9. The third-order valence-corrected chi connectivity index (χ3v) is 2.67. The van der Waals surface area contributed by atoms with Crippen molar-refractivity contribution in [3.63, 3.8) is 0 Å². The number of nitrogens with zero attached hydrogens (tertiary/aromatic N) is 1. The molecule has 0 fully saturated rings. The summed E-state index contributed by atoms with van der Waals surface area (Å²) in [6.45, 7) is 0.369. The summed E-state index contributed by atoms with van der Waals surface area (Å²) in [5.41, 5.74) is 0. The van der Waals surface area contributed by atoms with Crippen LogP contribution in [-0.4, -0.2) is 21.1 Å². The second kappa shape index (κ2) is 4.04. The molecule has 3 nitrogen and oxygen atoms in total. The van der Waals surface area contributed by atoms with Crippen molar-refractivity contribution < 1.29 is 5.11 Å². The van der Waals surface area contributed by atoms with Gasteiger partial charge in [0.15, 0.2) is 0 Å². The Morgan fingerprint density at radius 3 is 3.00 bits per heavy atom. The average molecular weight is 238 g/mol. The first-order chi connectivity index (χ1) is 5.24. The van der Waals surface area contributed by atoms with E-state index in [2.05, 4.69) is 15.9 Å². The molecule has 0 spiro atoms. The van der Waals surface area contributed by atoms with E-state index in [1.54, 1.807) is 11.6 Å². The van der Waals surface area contributed by atoms with Crippen LogP contribution < -0.4 is 4.87 Å². The van der Waals surface area contributed by atoms with Crippen LogP contribution in [0.1, 0.15) is 0 Å². The van der Waals surface area contributed by atoms with Crippen LogP contribution in [0, 0.1) is 0 Å². The third kappa shape index (κ3) is 2.43. The van der Waals surface area contributed by atoms with Gasteiger partial charge in [0.25, 0.3) is 0 Å². The summed E-state index contributed by atoms with van der Waals surface area (Å²) in [5.74, 6) is 0. The molecule has 5 heteroatoms. The zero-order chi connectivity index (χ0) is 8.27. The molecule has 1 heterocycles. The third-order valence-electron chi connectivity index (χ3n) is 1.23. The van der Waals surface area contributed by atoms with Gasteiger partial charge in [0.2, 0.25) is 0 Å². The van der Waals surface area contributed by atoms with Gasteiger partial charge in [-0.25, -0.2) is 0 Å². The largest absolute Gasteiger partial charge is 0.390 e. The van der Waals surface area contributed by atoms with Crippen molar-refractivity contribution in [1.29, 1.82) is 0 Å². The van der Waals surface area contributed by atoms with Crippen LogP contribution in [0.4, 0.5) is 0 Å². The van der Waals surface area contributed by atoms with E-state index in [-0.39, 0.29) is 4.87 Å². The first-order valence-electron chi connectivity index (χ1n) is 3.12. The number of aromatic nitrogens is 1. The standard InChI is InChI=1S/C6H8BrNO2S/c7-3-5(9)4-8-1-2-11-6(8)10/h1-2,5,9H,3-4H2. The minimum absolute atomic E-state index is 0.0231. The summed E-state index contributed by atoms with van der Waals surface area (Å²) in [4.78, 5) is 10.9. The van der Waals surface area contributed by atoms with E-state index in [4.69, 9.17) is 5.11 Å². The van der Waals surface area contributed by atoms with Gasteiger partial charge in [0.05, 0.1) is 12.6 Å². The molecule has 0 aromatic carbocycles. The maximum Gasteiger partial charge on any atom is 0.307 e. The zero-order valence-electron chi connectivity index (χ0n) is 5.74. The molecular formula is C6H8BrNO2S. The number of hydrogen-bond acceptors (Lipinski definition) is 3. The van der Waals surface area contributed by atoms with E-state index >= 15 is 0 Å². The summed E-state index contributed by atoms with van der Waals surface area (Å²) >= 11 is 4.26. The fourth-order valence-corrected chi connectivity index (χ4v) is 1.50. The Labute approximate surface area is 76.4 Å². The summed E-state index contributed by atoms with van der Waals surface area (Å²) < 4.78 is 1.50. The fourth-order valence-electron chi connectivity index (χ4n) is 0.702. The highest BCUT2D eigenvalue weighted by Crippen LogP contribution is 1.95. The van der Waals surface area contributed by atoms with E-state index < -0.39 is 6.10 Å². The highest BCUT2D eigenvalue weighted by atomic mass is 79.9. The van der Waals surface area contributed by atoms with Gasteiger partial charge in [-0.2, -0.15) is 0 Å². The topological polar surface area (TPSA) is 42.2 Å². The maximum atomic E-state index is 10.9. The van der Waals surface area contributed by atoms with Gasteiger partial charge in [0, 0.05) is 16.9 Å². The Morgan fingerprint density at radius 2 is 2.55 bits per heavy atom. The first kappa shape index (κ1) is 8.96. The zero-order valence-corrected chi connectivity index (χ0v) is 8.14. The Balaban J connectivity index is 2.64. The van der Waals surface area contributed by atoms with Crippen molar-refractivity contribution in [2.24, 2.45) is 0 Å². The molecular weight excluding hydrogens is 230 g/mol. The molecule has 0 aliphatic carbocycles. The molecule has 62 valence electrons. The van der Waals surface area contributed by atoms with Crippen molar-refractivity contribution >= 4 is 27.3 Å². The number of rotatable bonds is 3. The molecule has 1 N–H and O–H groups in total. The Morgan fingerprint density at radius 1 is 1.82 bits per heavy atom. The number of alkyl halides is 1. The summed E-state index contributed by atoms with van der Waals surface area (Å²) in [7, 11) is 0. The van der Waals surface area contributed by atoms with Crippen molar-refractivity contribution in [3.05, 3.63) is 21.2 Å². The van der Waals surface area contributed by atoms with Gasteiger partial charge < -0.3 is 9.67 Å². The molecule has 11 heavy (non-hydrogen) atoms.